The van der Waals surface area contributed by atoms with Gasteiger partial charge in [0, 0.05) is 18.6 Å². The highest BCUT2D eigenvalue weighted by molar-refractivity contribution is 6.00. The fraction of sp³-hybridized carbons (Fsp3) is 0.267. The Morgan fingerprint density at radius 1 is 1.17 bits per heavy atom. The highest BCUT2D eigenvalue weighted by atomic mass is 16.5. The van der Waals surface area contributed by atoms with Gasteiger partial charge in [-0.05, 0) is 35.4 Å². The molecule has 0 unspecified atom stereocenters. The van der Waals surface area contributed by atoms with Gasteiger partial charge in [0.1, 0.15) is 5.75 Å². The maximum atomic E-state index is 11.8. The van der Waals surface area contributed by atoms with Crippen LogP contribution < -0.4 is 4.74 Å². The first kappa shape index (κ1) is 12.6. The van der Waals surface area contributed by atoms with Gasteiger partial charge in [0.2, 0.25) is 0 Å². The molecule has 2 rings (SSSR count). The van der Waals surface area contributed by atoms with Gasteiger partial charge in [-0.15, -0.1) is 0 Å². The van der Waals surface area contributed by atoms with E-state index in [2.05, 4.69) is 0 Å². The third-order valence-electron chi connectivity index (χ3n) is 2.93. The Kier molecular flexibility index (Phi) is 3.95. The average molecular weight is 244 g/mol. The van der Waals surface area contributed by atoms with Gasteiger partial charge in [-0.3, -0.25) is 4.79 Å². The number of methoxy groups -OCH3 is 1. The Labute approximate surface area is 106 Å². The van der Waals surface area contributed by atoms with Crippen LogP contribution >= 0.6 is 0 Å². The van der Waals surface area contributed by atoms with Gasteiger partial charge in [-0.2, -0.15) is 0 Å². The molecule has 0 saturated heterocycles. The maximum absolute atomic E-state index is 11.8. The summed E-state index contributed by atoms with van der Waals surface area (Å²) in [5.41, 5.74) is 0.695. The minimum Gasteiger partial charge on any atom is -0.497 e. The van der Waals surface area contributed by atoms with E-state index in [4.69, 9.17) is 9.84 Å². The van der Waals surface area contributed by atoms with E-state index >= 15 is 0 Å². The maximum Gasteiger partial charge on any atom is 0.162 e. The zero-order chi connectivity index (χ0) is 13.0. The summed E-state index contributed by atoms with van der Waals surface area (Å²) in [6.07, 6.45) is 0.900. The van der Waals surface area contributed by atoms with Crippen LogP contribution in [0.15, 0.2) is 36.4 Å². The van der Waals surface area contributed by atoms with Crippen LogP contribution in [0.3, 0.4) is 0 Å². The molecule has 0 fully saturated rings. The van der Waals surface area contributed by atoms with E-state index in [0.717, 1.165) is 16.5 Å². The van der Waals surface area contributed by atoms with E-state index in [1.165, 1.54) is 0 Å². The van der Waals surface area contributed by atoms with Crippen molar-refractivity contribution >= 4 is 16.6 Å². The summed E-state index contributed by atoms with van der Waals surface area (Å²) in [4.78, 5) is 11.8. The van der Waals surface area contributed by atoms with E-state index in [-0.39, 0.29) is 12.4 Å². The van der Waals surface area contributed by atoms with Gasteiger partial charge < -0.3 is 9.84 Å². The number of fused-ring (bicyclic) bond motifs is 1. The first-order valence-corrected chi connectivity index (χ1v) is 5.96. The Hall–Kier alpha value is -1.87. The summed E-state index contributed by atoms with van der Waals surface area (Å²) in [6, 6.07) is 11.4. The van der Waals surface area contributed by atoms with Gasteiger partial charge >= 0.3 is 0 Å². The second-order valence-electron chi connectivity index (χ2n) is 4.18. The molecule has 0 bridgehead atoms. The average Bonchev–Trinajstić information content (AvgIpc) is 2.43. The number of rotatable bonds is 5. The lowest BCUT2D eigenvalue weighted by Crippen LogP contribution is -2.00. The molecule has 1 N–H and O–H groups in total. The lowest BCUT2D eigenvalue weighted by atomic mass is 10.0. The molecule has 0 radical (unpaired) electrons. The SMILES string of the molecule is COc1ccc2cc(C(=O)CCCO)ccc2c1. The molecule has 18 heavy (non-hydrogen) atoms. The number of aliphatic hydroxyl groups excluding tert-OH is 1. The number of benzene rings is 2. The summed E-state index contributed by atoms with van der Waals surface area (Å²) >= 11 is 0. The van der Waals surface area contributed by atoms with Crippen LogP contribution in [-0.2, 0) is 0 Å². The zero-order valence-corrected chi connectivity index (χ0v) is 10.3. The predicted octanol–water partition coefficient (Wildman–Crippen LogP) is 2.80. The van der Waals surface area contributed by atoms with Crippen molar-refractivity contribution in [1.82, 2.24) is 0 Å². The highest BCUT2D eigenvalue weighted by Gasteiger charge is 2.06. The predicted molar refractivity (Wildman–Crippen MR) is 71.2 cm³/mol. The van der Waals surface area contributed by atoms with Crippen LogP contribution in [0.5, 0.6) is 5.75 Å². The first-order valence-electron chi connectivity index (χ1n) is 5.96. The molecule has 0 atom stereocenters. The topological polar surface area (TPSA) is 46.5 Å². The number of ketones is 1. The number of carbonyl (C=O) groups is 1. The summed E-state index contributed by atoms with van der Waals surface area (Å²) in [5, 5.41) is 10.8. The molecule has 0 spiro atoms. The van der Waals surface area contributed by atoms with Crippen LogP contribution in [0.2, 0.25) is 0 Å². The molecule has 0 amide bonds. The molecular weight excluding hydrogens is 228 g/mol. The van der Waals surface area contributed by atoms with Crippen LogP contribution in [0.1, 0.15) is 23.2 Å². The van der Waals surface area contributed by atoms with Crippen LogP contribution in [0.4, 0.5) is 0 Å². The minimum atomic E-state index is 0.0521. The number of ether oxygens (including phenoxy) is 1. The number of carbonyl (C=O) groups excluding carboxylic acids is 1. The second-order valence-corrected chi connectivity index (χ2v) is 4.18. The lowest BCUT2D eigenvalue weighted by Gasteiger charge is -2.05. The largest absolute Gasteiger partial charge is 0.497 e. The molecule has 0 heterocycles. The molecule has 0 aromatic heterocycles. The van der Waals surface area contributed by atoms with E-state index in [1.54, 1.807) is 7.11 Å². The Balaban J connectivity index is 2.30. The normalized spacial score (nSPS) is 10.6. The lowest BCUT2D eigenvalue weighted by molar-refractivity contribution is 0.0971. The van der Waals surface area contributed by atoms with Crippen LogP contribution in [-0.4, -0.2) is 24.6 Å². The van der Waals surface area contributed by atoms with Crippen LogP contribution in [0.25, 0.3) is 10.8 Å². The van der Waals surface area contributed by atoms with Crippen molar-refractivity contribution in [3.8, 4) is 5.75 Å². The third kappa shape index (κ3) is 2.68. The molecule has 0 aliphatic heterocycles. The number of hydrogen-bond donors (Lipinski definition) is 1. The summed E-state index contributed by atoms with van der Waals surface area (Å²) in [6.45, 7) is 0.0521. The van der Waals surface area contributed by atoms with Crippen LogP contribution in [0, 0.1) is 0 Å². The van der Waals surface area contributed by atoms with Crippen molar-refractivity contribution in [1.29, 1.82) is 0 Å². The van der Waals surface area contributed by atoms with Crippen molar-refractivity contribution in [2.24, 2.45) is 0 Å². The summed E-state index contributed by atoms with van der Waals surface area (Å²) in [5.74, 6) is 0.878. The molecule has 2 aromatic rings. The number of aliphatic hydroxyl groups is 1. The van der Waals surface area contributed by atoms with E-state index in [9.17, 15) is 4.79 Å². The first-order chi connectivity index (χ1) is 8.74. The quantitative estimate of drug-likeness (QED) is 0.823. The molecule has 0 aliphatic rings. The standard InChI is InChI=1S/C15H16O3/c1-18-14-7-6-11-9-13(5-4-12(11)10-14)15(17)3-2-8-16/h4-7,9-10,16H,2-3,8H2,1H3. The monoisotopic (exact) mass is 244 g/mol. The molecule has 94 valence electrons. The minimum absolute atomic E-state index is 0.0521. The van der Waals surface area contributed by atoms with Gasteiger partial charge in [-0.25, -0.2) is 0 Å². The van der Waals surface area contributed by atoms with Gasteiger partial charge in [0.05, 0.1) is 7.11 Å². The van der Waals surface area contributed by atoms with E-state index in [0.29, 0.717) is 18.4 Å². The molecule has 2 aromatic carbocycles. The molecule has 3 heteroatoms. The van der Waals surface area contributed by atoms with Crippen molar-refractivity contribution in [2.45, 2.75) is 12.8 Å². The van der Waals surface area contributed by atoms with Crippen molar-refractivity contribution < 1.29 is 14.6 Å². The van der Waals surface area contributed by atoms with Crippen molar-refractivity contribution in [3.05, 3.63) is 42.0 Å². The fourth-order valence-electron chi connectivity index (χ4n) is 1.91. The number of hydrogen-bond acceptors (Lipinski definition) is 3. The molecule has 0 saturated carbocycles. The summed E-state index contributed by atoms with van der Waals surface area (Å²) < 4.78 is 5.16. The molecule has 3 nitrogen and oxygen atoms in total. The van der Waals surface area contributed by atoms with Crippen molar-refractivity contribution in [3.63, 3.8) is 0 Å². The third-order valence-corrected chi connectivity index (χ3v) is 2.93. The smallest absolute Gasteiger partial charge is 0.162 e. The van der Waals surface area contributed by atoms with Crippen molar-refractivity contribution in [2.75, 3.05) is 13.7 Å². The zero-order valence-electron chi connectivity index (χ0n) is 10.3. The molecule has 0 aliphatic carbocycles. The van der Waals surface area contributed by atoms with E-state index in [1.807, 2.05) is 36.4 Å². The fourth-order valence-corrected chi connectivity index (χ4v) is 1.91. The Bertz CT molecular complexity index is 561. The Morgan fingerprint density at radius 3 is 2.61 bits per heavy atom. The molecular formula is C15H16O3. The van der Waals surface area contributed by atoms with Gasteiger partial charge in [0.25, 0.3) is 0 Å². The highest BCUT2D eigenvalue weighted by Crippen LogP contribution is 2.22. The summed E-state index contributed by atoms with van der Waals surface area (Å²) in [7, 11) is 1.63. The number of Topliss-reactive ketones (excluding diaryl/α,β-unsaturated/α-hetero) is 1. The van der Waals surface area contributed by atoms with Gasteiger partial charge in [-0.1, -0.05) is 18.2 Å². The van der Waals surface area contributed by atoms with Gasteiger partial charge in [0.15, 0.2) is 5.78 Å². The second kappa shape index (κ2) is 5.65. The Morgan fingerprint density at radius 2 is 1.89 bits per heavy atom. The van der Waals surface area contributed by atoms with E-state index < -0.39 is 0 Å².